The number of hydrogen-bond donors (Lipinski definition) is 1. The van der Waals surface area contributed by atoms with Gasteiger partial charge in [-0.05, 0) is 48.7 Å². The standard InChI is InChI=1S/C25H31N3O4S/c1-5-7-11-23(29)26-19-10-8-9-17(14-19)16-28-25(30)33-22(6-2)24(27-28)18-12-13-20(31-3)21(15-18)32-4/h8-10,12-15,22H,5-7,11,16H2,1-4H3,(H,26,29). The maximum Gasteiger partial charge on any atom is 0.302 e. The Hall–Kier alpha value is -3.00. The van der Waals surface area contributed by atoms with E-state index < -0.39 is 0 Å². The first-order chi connectivity index (χ1) is 16.0. The summed E-state index contributed by atoms with van der Waals surface area (Å²) >= 11 is 1.28. The van der Waals surface area contributed by atoms with Crippen molar-refractivity contribution in [2.45, 2.75) is 51.3 Å². The number of carbonyl (C=O) groups excluding carboxylic acids is 2. The average molecular weight is 470 g/mol. The number of nitrogens with zero attached hydrogens (tertiary/aromatic N) is 2. The number of rotatable bonds is 10. The lowest BCUT2D eigenvalue weighted by Crippen LogP contribution is -2.34. The fourth-order valence-corrected chi connectivity index (χ4v) is 4.50. The van der Waals surface area contributed by atoms with Gasteiger partial charge in [0.15, 0.2) is 11.5 Å². The van der Waals surface area contributed by atoms with Crippen molar-refractivity contribution in [2.75, 3.05) is 19.5 Å². The summed E-state index contributed by atoms with van der Waals surface area (Å²) in [6.45, 7) is 4.42. The number of thioether (sulfide) groups is 1. The molecule has 1 heterocycles. The fourth-order valence-electron chi connectivity index (χ4n) is 3.57. The Kier molecular flexibility index (Phi) is 8.77. The van der Waals surface area contributed by atoms with Gasteiger partial charge in [0.05, 0.1) is 31.7 Å². The molecule has 1 N–H and O–H groups in total. The van der Waals surface area contributed by atoms with Crippen molar-refractivity contribution in [3.05, 3.63) is 53.6 Å². The Balaban J connectivity index is 1.84. The summed E-state index contributed by atoms with van der Waals surface area (Å²) in [4.78, 5) is 24.9. The van der Waals surface area contributed by atoms with Crippen molar-refractivity contribution < 1.29 is 19.1 Å². The molecule has 33 heavy (non-hydrogen) atoms. The number of ether oxygens (including phenoxy) is 2. The van der Waals surface area contributed by atoms with Crippen molar-refractivity contribution >= 4 is 34.3 Å². The molecule has 0 fully saturated rings. The van der Waals surface area contributed by atoms with E-state index in [2.05, 4.69) is 12.2 Å². The van der Waals surface area contributed by atoms with Gasteiger partial charge < -0.3 is 14.8 Å². The smallest absolute Gasteiger partial charge is 0.302 e. The van der Waals surface area contributed by atoms with Crippen LogP contribution in [0.15, 0.2) is 47.6 Å². The molecule has 1 aliphatic heterocycles. The van der Waals surface area contributed by atoms with Gasteiger partial charge in [-0.1, -0.05) is 44.2 Å². The third kappa shape index (κ3) is 6.28. The van der Waals surface area contributed by atoms with Crippen molar-refractivity contribution in [3.63, 3.8) is 0 Å². The van der Waals surface area contributed by atoms with Crippen molar-refractivity contribution in [1.82, 2.24) is 5.01 Å². The minimum absolute atomic E-state index is 0.00171. The molecule has 0 spiro atoms. The predicted molar refractivity (Wildman–Crippen MR) is 133 cm³/mol. The fraction of sp³-hybridized carbons (Fsp3) is 0.400. The molecule has 0 bridgehead atoms. The number of methoxy groups -OCH3 is 2. The van der Waals surface area contributed by atoms with Gasteiger partial charge in [-0.3, -0.25) is 9.59 Å². The number of hydrazone groups is 1. The van der Waals surface area contributed by atoms with Crippen molar-refractivity contribution in [1.29, 1.82) is 0 Å². The van der Waals surface area contributed by atoms with Crippen LogP contribution in [-0.4, -0.2) is 41.3 Å². The minimum atomic E-state index is -0.0940. The van der Waals surface area contributed by atoms with Crippen LogP contribution in [-0.2, 0) is 11.3 Å². The predicted octanol–water partition coefficient (Wildman–Crippen LogP) is 5.68. The maximum absolute atomic E-state index is 12.8. The molecule has 2 aromatic rings. The molecule has 0 radical (unpaired) electrons. The van der Waals surface area contributed by atoms with E-state index in [0.29, 0.717) is 24.5 Å². The Morgan fingerprint density at radius 1 is 1.12 bits per heavy atom. The lowest BCUT2D eigenvalue weighted by atomic mass is 10.0. The molecule has 7 nitrogen and oxygen atoms in total. The number of carbonyl (C=O) groups is 2. The molecule has 0 aromatic heterocycles. The number of amides is 2. The minimum Gasteiger partial charge on any atom is -0.493 e. The zero-order valence-corrected chi connectivity index (χ0v) is 20.4. The first kappa shape index (κ1) is 24.6. The molecule has 2 aromatic carbocycles. The Morgan fingerprint density at radius 2 is 1.91 bits per heavy atom. The zero-order valence-electron chi connectivity index (χ0n) is 19.6. The molecule has 1 atom stereocenters. The van der Waals surface area contributed by atoms with E-state index >= 15 is 0 Å². The molecule has 0 saturated heterocycles. The second-order valence-electron chi connectivity index (χ2n) is 7.75. The summed E-state index contributed by atoms with van der Waals surface area (Å²) in [5.41, 5.74) is 3.33. The second-order valence-corrected chi connectivity index (χ2v) is 8.90. The normalized spacial score (nSPS) is 15.8. The highest BCUT2D eigenvalue weighted by molar-refractivity contribution is 8.14. The van der Waals surface area contributed by atoms with Crippen LogP contribution in [0.1, 0.15) is 50.7 Å². The van der Waals surface area contributed by atoms with E-state index in [4.69, 9.17) is 14.6 Å². The average Bonchev–Trinajstić information content (AvgIpc) is 2.83. The van der Waals surface area contributed by atoms with Gasteiger partial charge >= 0.3 is 5.24 Å². The molecule has 1 unspecified atom stereocenters. The van der Waals surface area contributed by atoms with Crippen LogP contribution in [0, 0.1) is 0 Å². The Labute approximate surface area is 199 Å². The second kappa shape index (κ2) is 11.7. The zero-order chi connectivity index (χ0) is 23.8. The van der Waals surface area contributed by atoms with E-state index in [9.17, 15) is 9.59 Å². The number of unbranched alkanes of at least 4 members (excludes halogenated alkanes) is 1. The molecular formula is C25H31N3O4S. The number of benzene rings is 2. The van der Waals surface area contributed by atoms with E-state index in [1.54, 1.807) is 14.2 Å². The Bertz CT molecular complexity index is 1020. The molecule has 3 rings (SSSR count). The summed E-state index contributed by atoms with van der Waals surface area (Å²) in [7, 11) is 3.20. The summed E-state index contributed by atoms with van der Waals surface area (Å²) < 4.78 is 10.8. The van der Waals surface area contributed by atoms with Crippen molar-refractivity contribution in [2.24, 2.45) is 5.10 Å². The molecule has 176 valence electrons. The molecule has 1 aliphatic rings. The summed E-state index contributed by atoms with van der Waals surface area (Å²) in [5, 5.41) is 9.02. The van der Waals surface area contributed by atoms with E-state index in [1.807, 2.05) is 49.4 Å². The molecular weight excluding hydrogens is 438 g/mol. The molecule has 0 aliphatic carbocycles. The van der Waals surface area contributed by atoms with Gasteiger partial charge in [0.25, 0.3) is 0 Å². The van der Waals surface area contributed by atoms with Gasteiger partial charge in [0, 0.05) is 17.7 Å². The Morgan fingerprint density at radius 3 is 2.61 bits per heavy atom. The van der Waals surface area contributed by atoms with Gasteiger partial charge in [0.2, 0.25) is 5.91 Å². The van der Waals surface area contributed by atoms with Gasteiger partial charge in [-0.15, -0.1) is 0 Å². The van der Waals surface area contributed by atoms with E-state index in [1.165, 1.54) is 16.8 Å². The summed E-state index contributed by atoms with van der Waals surface area (Å²) in [6, 6.07) is 13.2. The lowest BCUT2D eigenvalue weighted by molar-refractivity contribution is -0.116. The SMILES string of the molecule is CCCCC(=O)Nc1cccc(CN2N=C(c3ccc(OC)c(OC)c3)C(CC)SC2=O)c1. The lowest BCUT2D eigenvalue weighted by Gasteiger charge is -2.28. The maximum atomic E-state index is 12.8. The first-order valence-corrected chi connectivity index (χ1v) is 12.0. The van der Waals surface area contributed by atoms with Crippen LogP contribution >= 0.6 is 11.8 Å². The summed E-state index contributed by atoms with van der Waals surface area (Å²) in [6.07, 6.45) is 3.11. The quantitative estimate of drug-likeness (QED) is 0.484. The van der Waals surface area contributed by atoms with Crippen LogP contribution in [0.4, 0.5) is 10.5 Å². The van der Waals surface area contributed by atoms with Crippen LogP contribution in [0.3, 0.4) is 0 Å². The van der Waals surface area contributed by atoms with E-state index in [-0.39, 0.29) is 16.4 Å². The highest BCUT2D eigenvalue weighted by Gasteiger charge is 2.30. The number of anilines is 1. The van der Waals surface area contributed by atoms with Crippen LogP contribution < -0.4 is 14.8 Å². The molecule has 0 saturated carbocycles. The largest absolute Gasteiger partial charge is 0.493 e. The van der Waals surface area contributed by atoms with E-state index in [0.717, 1.165) is 41.8 Å². The topological polar surface area (TPSA) is 80.2 Å². The van der Waals surface area contributed by atoms with Crippen LogP contribution in [0.25, 0.3) is 0 Å². The first-order valence-electron chi connectivity index (χ1n) is 11.2. The van der Waals surface area contributed by atoms with Crippen molar-refractivity contribution in [3.8, 4) is 11.5 Å². The summed E-state index contributed by atoms with van der Waals surface area (Å²) in [5.74, 6) is 1.26. The number of hydrogen-bond acceptors (Lipinski definition) is 6. The third-order valence-electron chi connectivity index (χ3n) is 5.34. The molecule has 8 heteroatoms. The van der Waals surface area contributed by atoms with Gasteiger partial charge in [-0.2, -0.15) is 5.10 Å². The van der Waals surface area contributed by atoms with Gasteiger partial charge in [-0.25, -0.2) is 5.01 Å². The van der Waals surface area contributed by atoms with Crippen LogP contribution in [0.5, 0.6) is 11.5 Å². The molecule has 2 amide bonds. The highest BCUT2D eigenvalue weighted by atomic mass is 32.2. The third-order valence-corrected chi connectivity index (χ3v) is 6.59. The number of nitrogens with one attached hydrogen (secondary N) is 1. The monoisotopic (exact) mass is 469 g/mol. The highest BCUT2D eigenvalue weighted by Crippen LogP contribution is 2.33. The van der Waals surface area contributed by atoms with Gasteiger partial charge in [0.1, 0.15) is 0 Å². The van der Waals surface area contributed by atoms with Crippen LogP contribution in [0.2, 0.25) is 0 Å².